The van der Waals surface area contributed by atoms with Gasteiger partial charge in [-0.15, -0.1) is 0 Å². The minimum atomic E-state index is -4.36. The predicted octanol–water partition coefficient (Wildman–Crippen LogP) is 5.45. The highest BCUT2D eigenvalue weighted by Crippen LogP contribution is 2.32. The van der Waals surface area contributed by atoms with Gasteiger partial charge in [0.25, 0.3) is 21.6 Å². The van der Waals surface area contributed by atoms with E-state index in [1.807, 2.05) is 0 Å². The van der Waals surface area contributed by atoms with Crippen LogP contribution in [0.4, 0.5) is 5.69 Å². The molecule has 0 bridgehead atoms. The number of fused-ring (bicyclic) bond motifs is 1. The van der Waals surface area contributed by atoms with Crippen LogP contribution >= 0.6 is 11.6 Å². The second-order valence-electron chi connectivity index (χ2n) is 8.49. The number of hydrogen-bond acceptors (Lipinski definition) is 7. The molecule has 3 aromatic carbocycles. The summed E-state index contributed by atoms with van der Waals surface area (Å²) in [4.78, 5) is 23.9. The lowest BCUT2D eigenvalue weighted by molar-refractivity contribution is -0.387. The maximum Gasteiger partial charge on any atom is 0.289 e. The van der Waals surface area contributed by atoms with E-state index in [2.05, 4.69) is 5.10 Å². The average Bonchev–Trinajstić information content (AvgIpc) is 3.20. The number of methoxy groups -OCH3 is 1. The van der Waals surface area contributed by atoms with Gasteiger partial charge in [-0.2, -0.15) is 17.9 Å². The van der Waals surface area contributed by atoms with Crippen LogP contribution in [0.25, 0.3) is 10.9 Å². The number of rotatable bonds is 9. The third-order valence-corrected chi connectivity index (χ3v) is 8.24. The molecule has 10 nitrogen and oxygen atoms in total. The molecule has 0 aliphatic rings. The van der Waals surface area contributed by atoms with Crippen LogP contribution in [0.5, 0.6) is 5.75 Å². The number of hydrogen-bond donors (Lipinski definition) is 0. The molecule has 4 aromatic rings. The van der Waals surface area contributed by atoms with Crippen molar-refractivity contribution >= 4 is 50.3 Å². The molecular formula is C27H25ClN4O6S. The maximum absolute atomic E-state index is 13.5. The average molecular weight is 569 g/mol. The zero-order valence-electron chi connectivity index (χ0n) is 21.4. The minimum Gasteiger partial charge on any atom is -0.497 e. The quantitative estimate of drug-likeness (QED) is 0.150. The molecule has 0 spiro atoms. The van der Waals surface area contributed by atoms with E-state index in [9.17, 15) is 23.3 Å². The number of halogens is 1. The van der Waals surface area contributed by atoms with Gasteiger partial charge in [0, 0.05) is 33.9 Å². The van der Waals surface area contributed by atoms with Gasteiger partial charge in [0.05, 0.1) is 24.1 Å². The molecule has 4 rings (SSSR count). The number of nitrogens with zero attached hydrogens (tertiary/aromatic N) is 4. The molecule has 0 aliphatic heterocycles. The lowest BCUT2D eigenvalue weighted by Crippen LogP contribution is -2.29. The predicted molar refractivity (Wildman–Crippen MR) is 149 cm³/mol. The molecule has 0 saturated heterocycles. The van der Waals surface area contributed by atoms with Gasteiger partial charge >= 0.3 is 0 Å². The van der Waals surface area contributed by atoms with Crippen LogP contribution in [0.3, 0.4) is 0 Å². The van der Waals surface area contributed by atoms with E-state index < -0.39 is 25.5 Å². The summed E-state index contributed by atoms with van der Waals surface area (Å²) in [5, 5.41) is 16.7. The number of para-hydroxylation sites is 1. The molecule has 12 heteroatoms. The van der Waals surface area contributed by atoms with Gasteiger partial charge in [0.15, 0.2) is 4.90 Å². The molecule has 0 N–H and O–H groups in total. The van der Waals surface area contributed by atoms with Crippen molar-refractivity contribution in [3.8, 4) is 5.75 Å². The van der Waals surface area contributed by atoms with Crippen molar-refractivity contribution in [3.63, 3.8) is 0 Å². The van der Waals surface area contributed by atoms with Crippen LogP contribution in [0, 0.1) is 17.0 Å². The van der Waals surface area contributed by atoms with Crippen molar-refractivity contribution < 1.29 is 22.9 Å². The van der Waals surface area contributed by atoms with Gasteiger partial charge in [-0.05, 0) is 74.4 Å². The second kappa shape index (κ2) is 11.3. The summed E-state index contributed by atoms with van der Waals surface area (Å²) in [6.07, 6.45) is 1.46. The number of aromatic nitrogens is 1. The molecule has 0 fully saturated rings. The van der Waals surface area contributed by atoms with E-state index in [-0.39, 0.29) is 18.9 Å². The molecule has 1 aromatic heterocycles. The van der Waals surface area contributed by atoms with E-state index in [4.69, 9.17) is 16.3 Å². The first-order valence-electron chi connectivity index (χ1n) is 11.8. The van der Waals surface area contributed by atoms with E-state index in [0.717, 1.165) is 10.5 Å². The Bertz CT molecular complexity index is 1700. The number of nitro benzene ring substituents is 1. The smallest absolute Gasteiger partial charge is 0.289 e. The summed E-state index contributed by atoms with van der Waals surface area (Å²) in [5.41, 5.74) is 1.83. The number of carbonyl (C=O) groups is 1. The highest BCUT2D eigenvalue weighted by atomic mass is 35.5. The maximum atomic E-state index is 13.5. The highest BCUT2D eigenvalue weighted by molar-refractivity contribution is 7.89. The van der Waals surface area contributed by atoms with Crippen molar-refractivity contribution in [2.24, 2.45) is 5.10 Å². The summed E-state index contributed by atoms with van der Waals surface area (Å²) in [6, 6.07) is 17.0. The van der Waals surface area contributed by atoms with Crippen LogP contribution in [-0.4, -0.2) is 48.1 Å². The van der Waals surface area contributed by atoms with Crippen molar-refractivity contribution in [1.29, 1.82) is 0 Å². The molecule has 1 heterocycles. The van der Waals surface area contributed by atoms with Gasteiger partial charge in [0.1, 0.15) is 5.75 Å². The van der Waals surface area contributed by atoms with Gasteiger partial charge in [0.2, 0.25) is 0 Å². The van der Waals surface area contributed by atoms with Crippen LogP contribution in [0.15, 0.2) is 76.7 Å². The summed E-state index contributed by atoms with van der Waals surface area (Å²) in [6.45, 7) is 3.19. The monoisotopic (exact) mass is 568 g/mol. The molecule has 0 amide bonds. The lowest BCUT2D eigenvalue weighted by Gasteiger charge is -2.19. The van der Waals surface area contributed by atoms with Crippen molar-refractivity contribution in [1.82, 2.24) is 8.98 Å². The normalized spacial score (nSPS) is 11.7. The summed E-state index contributed by atoms with van der Waals surface area (Å²) >= 11 is 6.00. The van der Waals surface area contributed by atoms with Gasteiger partial charge in [-0.3, -0.25) is 19.5 Å². The molecule has 39 heavy (non-hydrogen) atoms. The van der Waals surface area contributed by atoms with E-state index >= 15 is 0 Å². The first kappa shape index (κ1) is 27.8. The molecule has 0 atom stereocenters. The Morgan fingerprint density at radius 3 is 2.49 bits per heavy atom. The fraction of sp³-hybridized carbons (Fsp3) is 0.185. The third kappa shape index (κ3) is 5.36. The second-order valence-corrected chi connectivity index (χ2v) is 10.7. The topological polar surface area (TPSA) is 124 Å². The number of nitro groups is 1. The van der Waals surface area contributed by atoms with Crippen LogP contribution in [0.1, 0.15) is 28.5 Å². The molecule has 0 aliphatic carbocycles. The first-order chi connectivity index (χ1) is 18.6. The number of benzene rings is 3. The molecular weight excluding hydrogens is 544 g/mol. The van der Waals surface area contributed by atoms with E-state index in [1.165, 1.54) is 31.5 Å². The highest BCUT2D eigenvalue weighted by Gasteiger charge is 2.31. The summed E-state index contributed by atoms with van der Waals surface area (Å²) in [7, 11) is -2.83. The fourth-order valence-corrected chi connectivity index (χ4v) is 5.96. The molecule has 202 valence electrons. The van der Waals surface area contributed by atoms with Crippen molar-refractivity contribution in [3.05, 3.63) is 98.7 Å². The molecule has 0 saturated carbocycles. The minimum absolute atomic E-state index is 0.134. The van der Waals surface area contributed by atoms with Crippen molar-refractivity contribution in [2.75, 3.05) is 13.7 Å². The number of sulfonamides is 1. The zero-order chi connectivity index (χ0) is 28.3. The zero-order valence-corrected chi connectivity index (χ0v) is 22.9. The first-order valence-corrected chi connectivity index (χ1v) is 13.6. The van der Waals surface area contributed by atoms with Gasteiger partial charge in [-0.25, -0.2) is 0 Å². The van der Waals surface area contributed by atoms with E-state index in [0.29, 0.717) is 38.5 Å². The number of carbonyl (C=O) groups excluding carboxylic acids is 1. The number of hydrazone groups is 1. The fourth-order valence-electron chi connectivity index (χ4n) is 4.40. The third-order valence-electron chi connectivity index (χ3n) is 6.25. The Hall–Kier alpha value is -4.22. The molecule has 0 unspecified atom stereocenters. The Kier molecular flexibility index (Phi) is 8.03. The van der Waals surface area contributed by atoms with Crippen molar-refractivity contribution in [2.45, 2.75) is 25.2 Å². The number of ether oxygens (including phenoxy) is 1. The van der Waals surface area contributed by atoms with Crippen LogP contribution in [0.2, 0.25) is 5.02 Å². The van der Waals surface area contributed by atoms with E-state index in [1.54, 1.807) is 60.9 Å². The lowest BCUT2D eigenvalue weighted by atomic mass is 10.1. The Morgan fingerprint density at radius 1 is 1.15 bits per heavy atom. The van der Waals surface area contributed by atoms with Crippen LogP contribution < -0.4 is 4.74 Å². The Balaban J connectivity index is 1.78. The largest absolute Gasteiger partial charge is 0.497 e. The Labute approximate surface area is 230 Å². The van der Waals surface area contributed by atoms with Crippen LogP contribution in [-0.2, 0) is 16.4 Å². The molecule has 0 radical (unpaired) electrons. The van der Waals surface area contributed by atoms with Gasteiger partial charge in [-0.1, -0.05) is 23.7 Å². The standard InChI is InChI=1S/C27H25ClN4O6S/c1-4-29-30(39(36,37)26-8-6-5-7-25(26)32(34)35)16-15-22-18(2)31(24-14-13-21(38-3)17-23(22)24)27(33)19-9-11-20(28)12-10-19/h4-14,17H,15-16H2,1-3H3/b29-4+. The summed E-state index contributed by atoms with van der Waals surface area (Å²) < 4.78 is 34.7. The SMILES string of the molecule is C/C=N/N(CCc1c(C)n(C(=O)c2ccc(Cl)cc2)c2ccc(OC)cc12)S(=O)(=O)c1ccccc1[N+](=O)[O-]. The Morgan fingerprint density at radius 2 is 1.85 bits per heavy atom. The summed E-state index contributed by atoms with van der Waals surface area (Å²) in [5.74, 6) is 0.289. The van der Waals surface area contributed by atoms with Gasteiger partial charge < -0.3 is 4.74 Å².